The van der Waals surface area contributed by atoms with E-state index >= 15 is 0 Å². The van der Waals surface area contributed by atoms with Gasteiger partial charge in [0.1, 0.15) is 11.4 Å². The maximum absolute atomic E-state index is 12.0. The number of esters is 1. The maximum Gasteiger partial charge on any atom is 0.337 e. The van der Waals surface area contributed by atoms with Crippen LogP contribution in [0.3, 0.4) is 0 Å². The molecule has 0 unspecified atom stereocenters. The highest BCUT2D eigenvalue weighted by atomic mass is 16.6. The van der Waals surface area contributed by atoms with Crippen molar-refractivity contribution in [3.05, 3.63) is 11.3 Å². The first kappa shape index (κ1) is 13.1. The minimum absolute atomic E-state index is 0.216. The molecule has 1 aliphatic rings. The Morgan fingerprint density at radius 1 is 1.44 bits per heavy atom. The highest BCUT2D eigenvalue weighted by Crippen LogP contribution is 2.25. The number of hydrogen-bond donors (Lipinski definition) is 0. The minimum Gasteiger partial charge on any atom is -0.497 e. The van der Waals surface area contributed by atoms with Crippen molar-refractivity contribution in [3.8, 4) is 0 Å². The molecule has 0 saturated carbocycles. The molecule has 0 aromatic heterocycles. The highest BCUT2D eigenvalue weighted by molar-refractivity contribution is 5.89. The summed E-state index contributed by atoms with van der Waals surface area (Å²) < 4.78 is 10.9. The fraction of sp³-hybridized carbons (Fsp3) is 0.769. The monoisotopic (exact) mass is 226 g/mol. The summed E-state index contributed by atoms with van der Waals surface area (Å²) in [7, 11) is 0. The van der Waals surface area contributed by atoms with E-state index < -0.39 is 5.60 Å². The van der Waals surface area contributed by atoms with Crippen LogP contribution >= 0.6 is 0 Å². The van der Waals surface area contributed by atoms with Gasteiger partial charge in [-0.3, -0.25) is 0 Å². The van der Waals surface area contributed by atoms with E-state index in [0.717, 1.165) is 43.6 Å². The van der Waals surface area contributed by atoms with Crippen LogP contribution in [0.5, 0.6) is 0 Å². The van der Waals surface area contributed by atoms with Gasteiger partial charge in [-0.25, -0.2) is 4.79 Å². The van der Waals surface area contributed by atoms with Crippen LogP contribution in [-0.2, 0) is 14.3 Å². The Morgan fingerprint density at radius 3 is 2.56 bits per heavy atom. The Hall–Kier alpha value is -0.990. The van der Waals surface area contributed by atoms with Gasteiger partial charge in [-0.1, -0.05) is 13.3 Å². The van der Waals surface area contributed by atoms with E-state index in [1.54, 1.807) is 0 Å². The summed E-state index contributed by atoms with van der Waals surface area (Å²) in [5.74, 6) is 0.627. The standard InChI is InChI=1S/C13H22O3/c1-5-7-10(11-8-6-9-15-11)12(14)16-13(2,3)4/h5-9H2,1-4H3/b11-10+. The lowest BCUT2D eigenvalue weighted by molar-refractivity contribution is -0.150. The molecular weight excluding hydrogens is 204 g/mol. The van der Waals surface area contributed by atoms with E-state index in [1.165, 1.54) is 0 Å². The van der Waals surface area contributed by atoms with Gasteiger partial charge in [-0.15, -0.1) is 0 Å². The summed E-state index contributed by atoms with van der Waals surface area (Å²) in [4.78, 5) is 12.0. The fourth-order valence-electron chi connectivity index (χ4n) is 1.68. The highest BCUT2D eigenvalue weighted by Gasteiger charge is 2.24. The fourth-order valence-corrected chi connectivity index (χ4v) is 1.68. The lowest BCUT2D eigenvalue weighted by Gasteiger charge is -2.21. The molecule has 1 saturated heterocycles. The predicted octanol–water partition coefficient (Wildman–Crippen LogP) is 3.19. The molecular formula is C13H22O3. The van der Waals surface area contributed by atoms with Crippen LogP contribution in [0.15, 0.2) is 11.3 Å². The van der Waals surface area contributed by atoms with Crippen molar-refractivity contribution in [1.29, 1.82) is 0 Å². The molecule has 0 N–H and O–H groups in total. The second-order valence-electron chi connectivity index (χ2n) is 5.11. The molecule has 0 aliphatic carbocycles. The number of carbonyl (C=O) groups is 1. The van der Waals surface area contributed by atoms with Gasteiger partial charge in [0.15, 0.2) is 0 Å². The Bertz CT molecular complexity index is 276. The Morgan fingerprint density at radius 2 is 2.12 bits per heavy atom. The van der Waals surface area contributed by atoms with Gasteiger partial charge in [0.2, 0.25) is 0 Å². The van der Waals surface area contributed by atoms with E-state index in [9.17, 15) is 4.79 Å². The van der Waals surface area contributed by atoms with Crippen LogP contribution in [0.25, 0.3) is 0 Å². The van der Waals surface area contributed by atoms with Gasteiger partial charge in [-0.05, 0) is 33.6 Å². The first-order valence-corrected chi connectivity index (χ1v) is 6.02. The summed E-state index contributed by atoms with van der Waals surface area (Å²) in [6.45, 7) is 8.43. The number of rotatable bonds is 3. The summed E-state index contributed by atoms with van der Waals surface area (Å²) in [6.07, 6.45) is 3.55. The van der Waals surface area contributed by atoms with Gasteiger partial charge in [0.05, 0.1) is 12.2 Å². The largest absolute Gasteiger partial charge is 0.497 e. The molecule has 16 heavy (non-hydrogen) atoms. The zero-order valence-electron chi connectivity index (χ0n) is 10.8. The van der Waals surface area contributed by atoms with E-state index in [2.05, 4.69) is 6.92 Å². The average Bonchev–Trinajstić information content (AvgIpc) is 2.63. The molecule has 1 rings (SSSR count). The summed E-state index contributed by atoms with van der Waals surface area (Å²) in [5, 5.41) is 0. The molecule has 0 radical (unpaired) electrons. The van der Waals surface area contributed by atoms with Crippen LogP contribution in [0.4, 0.5) is 0 Å². The van der Waals surface area contributed by atoms with Crippen molar-refractivity contribution in [2.24, 2.45) is 0 Å². The first-order chi connectivity index (χ1) is 7.44. The van der Waals surface area contributed by atoms with Crippen LogP contribution in [0, 0.1) is 0 Å². The van der Waals surface area contributed by atoms with Crippen LogP contribution in [0.2, 0.25) is 0 Å². The van der Waals surface area contributed by atoms with Crippen molar-refractivity contribution >= 4 is 5.97 Å². The molecule has 0 bridgehead atoms. The zero-order valence-corrected chi connectivity index (χ0v) is 10.8. The Labute approximate surface area is 97.8 Å². The molecule has 92 valence electrons. The molecule has 1 fully saturated rings. The molecule has 0 amide bonds. The lowest BCUT2D eigenvalue weighted by atomic mass is 10.1. The molecule has 3 nitrogen and oxygen atoms in total. The van der Waals surface area contributed by atoms with Gasteiger partial charge < -0.3 is 9.47 Å². The zero-order chi connectivity index (χ0) is 12.2. The molecule has 1 aliphatic heterocycles. The van der Waals surface area contributed by atoms with Crippen molar-refractivity contribution in [3.63, 3.8) is 0 Å². The SMILES string of the molecule is CCC/C(C(=O)OC(C)(C)C)=C1/CCCO1. The first-order valence-electron chi connectivity index (χ1n) is 6.02. The second kappa shape index (κ2) is 5.37. The third-order valence-corrected chi connectivity index (χ3v) is 2.31. The van der Waals surface area contributed by atoms with Crippen LogP contribution in [0.1, 0.15) is 53.4 Å². The molecule has 3 heteroatoms. The molecule has 0 aromatic rings. The summed E-state index contributed by atoms with van der Waals surface area (Å²) >= 11 is 0. The molecule has 0 atom stereocenters. The molecule has 1 heterocycles. The van der Waals surface area contributed by atoms with Crippen molar-refractivity contribution < 1.29 is 14.3 Å². The van der Waals surface area contributed by atoms with E-state index in [4.69, 9.17) is 9.47 Å². The van der Waals surface area contributed by atoms with E-state index in [1.807, 2.05) is 20.8 Å². The topological polar surface area (TPSA) is 35.5 Å². The maximum atomic E-state index is 12.0. The van der Waals surface area contributed by atoms with Gasteiger partial charge in [0, 0.05) is 6.42 Å². The van der Waals surface area contributed by atoms with Gasteiger partial charge >= 0.3 is 5.97 Å². The number of ether oxygens (including phenoxy) is 2. The predicted molar refractivity (Wildman–Crippen MR) is 63.0 cm³/mol. The number of carbonyl (C=O) groups excluding carboxylic acids is 1. The van der Waals surface area contributed by atoms with E-state index in [0.29, 0.717) is 0 Å². The van der Waals surface area contributed by atoms with Crippen molar-refractivity contribution in [2.45, 2.75) is 59.0 Å². The quantitative estimate of drug-likeness (QED) is 0.547. The third-order valence-electron chi connectivity index (χ3n) is 2.31. The third kappa shape index (κ3) is 3.87. The van der Waals surface area contributed by atoms with Crippen LogP contribution < -0.4 is 0 Å². The molecule has 0 spiro atoms. The van der Waals surface area contributed by atoms with E-state index in [-0.39, 0.29) is 5.97 Å². The second-order valence-corrected chi connectivity index (χ2v) is 5.11. The smallest absolute Gasteiger partial charge is 0.337 e. The Kier molecular flexibility index (Phi) is 4.39. The molecule has 0 aromatic carbocycles. The minimum atomic E-state index is -0.435. The number of hydrogen-bond acceptors (Lipinski definition) is 3. The normalized spacial score (nSPS) is 19.2. The summed E-state index contributed by atoms with van der Waals surface area (Å²) in [5.41, 5.74) is 0.296. The van der Waals surface area contributed by atoms with Gasteiger partial charge in [-0.2, -0.15) is 0 Å². The van der Waals surface area contributed by atoms with Crippen molar-refractivity contribution in [2.75, 3.05) is 6.61 Å². The Balaban J connectivity index is 2.77. The average molecular weight is 226 g/mol. The van der Waals surface area contributed by atoms with Crippen LogP contribution in [-0.4, -0.2) is 18.2 Å². The number of allylic oxidation sites excluding steroid dienone is 1. The van der Waals surface area contributed by atoms with Gasteiger partial charge in [0.25, 0.3) is 0 Å². The van der Waals surface area contributed by atoms with Crippen molar-refractivity contribution in [1.82, 2.24) is 0 Å². The lowest BCUT2D eigenvalue weighted by Crippen LogP contribution is -2.25. The summed E-state index contributed by atoms with van der Waals surface area (Å²) in [6, 6.07) is 0.